The van der Waals surface area contributed by atoms with Gasteiger partial charge in [0.05, 0.1) is 17.2 Å². The molecule has 5 heteroatoms. The van der Waals surface area contributed by atoms with Crippen molar-refractivity contribution in [3.8, 4) is 11.3 Å². The Labute approximate surface area is 206 Å². The number of hydrogen-bond donors (Lipinski definition) is 2. The van der Waals surface area contributed by atoms with Crippen molar-refractivity contribution in [2.24, 2.45) is 5.92 Å². The predicted octanol–water partition coefficient (Wildman–Crippen LogP) is 6.29. The molecule has 0 spiro atoms. The molecule has 0 bridgehead atoms. The number of aromatic carboxylic acids is 1. The van der Waals surface area contributed by atoms with E-state index in [1.54, 1.807) is 6.07 Å². The van der Waals surface area contributed by atoms with Gasteiger partial charge in [-0.1, -0.05) is 62.4 Å². The largest absolute Gasteiger partial charge is 0.478 e. The first-order valence-corrected chi connectivity index (χ1v) is 13.4. The van der Waals surface area contributed by atoms with Crippen LogP contribution < -0.4 is 5.32 Å². The maximum atomic E-state index is 13.5. The summed E-state index contributed by atoms with van der Waals surface area (Å²) in [5, 5.41) is 14.2. The van der Waals surface area contributed by atoms with Crippen LogP contribution in [0.1, 0.15) is 85.2 Å². The number of hydrogen-bond acceptors (Lipinski definition) is 2. The molecule has 0 radical (unpaired) electrons. The molecule has 5 nitrogen and oxygen atoms in total. The molecule has 2 saturated carbocycles. The molecule has 2 heterocycles. The van der Waals surface area contributed by atoms with Gasteiger partial charge < -0.3 is 15.0 Å². The smallest absolute Gasteiger partial charge is 0.335 e. The number of rotatable bonds is 4. The first-order chi connectivity index (χ1) is 17.1. The van der Waals surface area contributed by atoms with Gasteiger partial charge in [0, 0.05) is 29.1 Å². The van der Waals surface area contributed by atoms with Gasteiger partial charge in [0.1, 0.15) is 0 Å². The van der Waals surface area contributed by atoms with Gasteiger partial charge in [-0.15, -0.1) is 0 Å². The van der Waals surface area contributed by atoms with E-state index in [9.17, 15) is 14.7 Å². The van der Waals surface area contributed by atoms with Crippen LogP contribution in [0.4, 0.5) is 0 Å². The number of carbonyl (C=O) groups is 2. The minimum Gasteiger partial charge on any atom is -0.478 e. The molecule has 1 aromatic heterocycles. The molecule has 1 amide bonds. The second kappa shape index (κ2) is 9.18. The second-order valence-electron chi connectivity index (χ2n) is 10.8. The van der Waals surface area contributed by atoms with Crippen LogP contribution in [0, 0.1) is 5.92 Å². The molecular formula is C30H34N2O3. The molecule has 1 atom stereocenters. The van der Waals surface area contributed by atoms with Crippen molar-refractivity contribution in [2.75, 3.05) is 0 Å². The molecule has 2 aromatic carbocycles. The van der Waals surface area contributed by atoms with E-state index in [0.717, 1.165) is 23.7 Å². The van der Waals surface area contributed by atoms with E-state index >= 15 is 0 Å². The number of carboxylic acid groups (broad SMARTS) is 1. The van der Waals surface area contributed by atoms with Gasteiger partial charge >= 0.3 is 5.97 Å². The molecule has 182 valence electrons. The first-order valence-electron chi connectivity index (χ1n) is 13.4. The molecule has 2 N–H and O–H groups in total. The number of fused-ring (bicyclic) bond motifs is 5. The number of nitrogens with zero attached hydrogens (tertiary/aromatic N) is 1. The zero-order chi connectivity index (χ0) is 23.9. The lowest BCUT2D eigenvalue weighted by Gasteiger charge is -2.24. The van der Waals surface area contributed by atoms with E-state index in [1.165, 1.54) is 67.3 Å². The van der Waals surface area contributed by atoms with Crippen molar-refractivity contribution in [3.05, 3.63) is 59.2 Å². The number of nitrogens with one attached hydrogen (secondary N) is 1. The highest BCUT2D eigenvalue weighted by Crippen LogP contribution is 2.46. The van der Waals surface area contributed by atoms with E-state index in [-0.39, 0.29) is 11.8 Å². The van der Waals surface area contributed by atoms with Crippen LogP contribution >= 0.6 is 0 Å². The minimum atomic E-state index is -0.911. The Kier molecular flexibility index (Phi) is 5.87. The lowest BCUT2D eigenvalue weighted by atomic mass is 9.81. The normalized spacial score (nSPS) is 20.9. The Bertz CT molecular complexity index is 1280. The van der Waals surface area contributed by atoms with Gasteiger partial charge in [-0.25, -0.2) is 4.79 Å². The minimum absolute atomic E-state index is 0.134. The van der Waals surface area contributed by atoms with Crippen molar-refractivity contribution in [2.45, 2.75) is 82.7 Å². The van der Waals surface area contributed by atoms with Crippen LogP contribution in [-0.4, -0.2) is 27.6 Å². The second-order valence-corrected chi connectivity index (χ2v) is 10.8. The van der Waals surface area contributed by atoms with Gasteiger partial charge in [-0.05, 0) is 61.3 Å². The van der Waals surface area contributed by atoms with Gasteiger partial charge in [0.25, 0.3) is 0 Å². The summed E-state index contributed by atoms with van der Waals surface area (Å²) in [4.78, 5) is 25.4. The van der Waals surface area contributed by atoms with Crippen LogP contribution in [0.3, 0.4) is 0 Å². The summed E-state index contributed by atoms with van der Waals surface area (Å²) in [7, 11) is 0. The number of carboxylic acids is 1. The molecule has 3 aliphatic rings. The van der Waals surface area contributed by atoms with E-state index in [1.807, 2.05) is 12.1 Å². The molecular weight excluding hydrogens is 436 g/mol. The molecule has 2 fully saturated rings. The fourth-order valence-electron chi connectivity index (χ4n) is 6.84. The quantitative estimate of drug-likeness (QED) is 0.471. The van der Waals surface area contributed by atoms with Crippen molar-refractivity contribution in [1.29, 1.82) is 0 Å². The third kappa shape index (κ3) is 4.05. The summed E-state index contributed by atoms with van der Waals surface area (Å²) in [6.07, 6.45) is 11.3. The average Bonchev–Trinajstić information content (AvgIpc) is 3.45. The summed E-state index contributed by atoms with van der Waals surface area (Å²) < 4.78 is 2.29. The zero-order valence-electron chi connectivity index (χ0n) is 20.3. The Morgan fingerprint density at radius 3 is 2.43 bits per heavy atom. The Morgan fingerprint density at radius 1 is 0.914 bits per heavy atom. The summed E-state index contributed by atoms with van der Waals surface area (Å²) in [5.41, 5.74) is 6.25. The summed E-state index contributed by atoms with van der Waals surface area (Å²) in [5.74, 6) is -0.488. The van der Waals surface area contributed by atoms with Crippen LogP contribution in [-0.2, 0) is 17.8 Å². The summed E-state index contributed by atoms with van der Waals surface area (Å²) in [6, 6.07) is 14.4. The molecule has 1 aliphatic heterocycles. The predicted molar refractivity (Wildman–Crippen MR) is 138 cm³/mol. The standard InChI is InChI=1S/C30H34N2O3/c33-29(31-23-11-5-6-12-23)22-16-20-10-4-7-13-24(20)28-27(19-8-2-1-3-9-19)25-15-14-21(30(34)35)17-26(25)32(28)18-22/h4,7,10,13-15,17,19,22-23H,1-3,5-6,8-9,11-12,16,18H2,(H,31,33)(H,34,35). The first kappa shape index (κ1) is 22.4. The number of carbonyl (C=O) groups excluding carboxylic acids is 1. The SMILES string of the molecule is O=C(O)c1ccc2c(C3CCCCC3)c3n(c2c1)CC(C(=O)NC1CCCC1)Cc1ccccc1-3. The highest BCUT2D eigenvalue weighted by atomic mass is 16.4. The van der Waals surface area contributed by atoms with Crippen molar-refractivity contribution in [3.63, 3.8) is 0 Å². The van der Waals surface area contributed by atoms with Crippen molar-refractivity contribution in [1.82, 2.24) is 9.88 Å². The van der Waals surface area contributed by atoms with Crippen molar-refractivity contribution < 1.29 is 14.7 Å². The average molecular weight is 471 g/mol. The molecule has 35 heavy (non-hydrogen) atoms. The third-order valence-electron chi connectivity index (χ3n) is 8.58. The fraction of sp³-hybridized carbons (Fsp3) is 0.467. The summed E-state index contributed by atoms with van der Waals surface area (Å²) >= 11 is 0. The summed E-state index contributed by atoms with van der Waals surface area (Å²) in [6.45, 7) is 0.578. The lowest BCUT2D eigenvalue weighted by Crippen LogP contribution is -2.39. The Balaban J connectivity index is 1.54. The zero-order valence-corrected chi connectivity index (χ0v) is 20.3. The fourth-order valence-corrected chi connectivity index (χ4v) is 6.84. The van der Waals surface area contributed by atoms with Crippen LogP contribution in [0.15, 0.2) is 42.5 Å². The molecule has 0 saturated heterocycles. The van der Waals surface area contributed by atoms with Crippen LogP contribution in [0.5, 0.6) is 0 Å². The topological polar surface area (TPSA) is 71.3 Å². The number of amides is 1. The van der Waals surface area contributed by atoms with Gasteiger partial charge in [0.15, 0.2) is 0 Å². The van der Waals surface area contributed by atoms with Gasteiger partial charge in [0.2, 0.25) is 5.91 Å². The van der Waals surface area contributed by atoms with Gasteiger partial charge in [-0.2, -0.15) is 0 Å². The van der Waals surface area contributed by atoms with E-state index in [0.29, 0.717) is 30.5 Å². The highest BCUT2D eigenvalue weighted by molar-refractivity contribution is 5.99. The monoisotopic (exact) mass is 470 g/mol. The van der Waals surface area contributed by atoms with E-state index in [4.69, 9.17) is 0 Å². The van der Waals surface area contributed by atoms with Crippen molar-refractivity contribution >= 4 is 22.8 Å². The maximum absolute atomic E-state index is 13.5. The Hall–Kier alpha value is -3.08. The van der Waals surface area contributed by atoms with Crippen LogP contribution in [0.25, 0.3) is 22.2 Å². The highest BCUT2D eigenvalue weighted by Gasteiger charge is 2.33. The van der Waals surface area contributed by atoms with Crippen LogP contribution in [0.2, 0.25) is 0 Å². The number of aromatic nitrogens is 1. The molecule has 6 rings (SSSR count). The molecule has 2 aliphatic carbocycles. The molecule has 1 unspecified atom stereocenters. The molecule has 3 aromatic rings. The number of benzene rings is 2. The van der Waals surface area contributed by atoms with E-state index < -0.39 is 5.97 Å². The Morgan fingerprint density at radius 2 is 1.66 bits per heavy atom. The third-order valence-corrected chi connectivity index (χ3v) is 8.58. The maximum Gasteiger partial charge on any atom is 0.335 e. The lowest BCUT2D eigenvalue weighted by molar-refractivity contribution is -0.126. The van der Waals surface area contributed by atoms with Gasteiger partial charge in [-0.3, -0.25) is 4.79 Å². The van der Waals surface area contributed by atoms with E-state index in [2.05, 4.69) is 34.1 Å².